The van der Waals surface area contributed by atoms with Gasteiger partial charge in [0.05, 0.1) is 10.2 Å². The van der Waals surface area contributed by atoms with Gasteiger partial charge < -0.3 is 10.1 Å². The van der Waals surface area contributed by atoms with E-state index in [-0.39, 0.29) is 11.7 Å². The van der Waals surface area contributed by atoms with Crippen molar-refractivity contribution >= 4 is 27.5 Å². The number of carbonyl (C=O) groups excluding carboxylic acids is 1. The predicted molar refractivity (Wildman–Crippen MR) is 104 cm³/mol. The molecule has 1 amide bonds. The molecule has 27 heavy (non-hydrogen) atoms. The third kappa shape index (κ3) is 4.12. The van der Waals surface area contributed by atoms with Crippen molar-refractivity contribution in [1.29, 1.82) is 0 Å². The van der Waals surface area contributed by atoms with E-state index in [2.05, 4.69) is 10.3 Å². The van der Waals surface area contributed by atoms with E-state index in [0.29, 0.717) is 23.1 Å². The lowest BCUT2D eigenvalue weighted by Gasteiger charge is -2.08. The molecule has 0 saturated heterocycles. The van der Waals surface area contributed by atoms with Crippen LogP contribution in [-0.2, 0) is 6.54 Å². The molecule has 4 nitrogen and oxygen atoms in total. The van der Waals surface area contributed by atoms with Gasteiger partial charge in [0.1, 0.15) is 17.3 Å². The summed E-state index contributed by atoms with van der Waals surface area (Å²) in [5.74, 6) is 0.648. The van der Waals surface area contributed by atoms with Crippen LogP contribution in [0.2, 0.25) is 0 Å². The van der Waals surface area contributed by atoms with E-state index >= 15 is 0 Å². The minimum atomic E-state index is -0.311. The maximum absolute atomic E-state index is 13.0. The average Bonchev–Trinajstić information content (AvgIpc) is 3.13. The number of thiazole rings is 1. The SMILES string of the molecule is O=C(NCc1cccc(Oc2ccc(F)cc2)c1)c1nc2ccccc2s1. The van der Waals surface area contributed by atoms with Gasteiger partial charge in [0, 0.05) is 6.54 Å². The second-order valence-corrected chi connectivity index (χ2v) is 6.90. The monoisotopic (exact) mass is 378 g/mol. The topological polar surface area (TPSA) is 51.2 Å². The third-order valence-corrected chi connectivity index (χ3v) is 4.92. The summed E-state index contributed by atoms with van der Waals surface area (Å²) in [6.45, 7) is 0.357. The number of carbonyl (C=O) groups is 1. The van der Waals surface area contributed by atoms with Crippen LogP contribution in [0.5, 0.6) is 11.5 Å². The molecule has 4 aromatic rings. The second-order valence-electron chi connectivity index (χ2n) is 5.87. The summed E-state index contributed by atoms with van der Waals surface area (Å²) in [5, 5.41) is 3.32. The molecule has 0 spiro atoms. The number of para-hydroxylation sites is 1. The number of nitrogens with zero attached hydrogens (tertiary/aromatic N) is 1. The highest BCUT2D eigenvalue weighted by atomic mass is 32.1. The van der Waals surface area contributed by atoms with Crippen LogP contribution in [0.15, 0.2) is 72.8 Å². The highest BCUT2D eigenvalue weighted by Gasteiger charge is 2.11. The van der Waals surface area contributed by atoms with Crippen LogP contribution in [0.3, 0.4) is 0 Å². The van der Waals surface area contributed by atoms with Gasteiger partial charge in [-0.15, -0.1) is 11.3 Å². The zero-order chi connectivity index (χ0) is 18.6. The fraction of sp³-hybridized carbons (Fsp3) is 0.0476. The summed E-state index contributed by atoms with van der Waals surface area (Å²) in [6.07, 6.45) is 0. The standard InChI is InChI=1S/C21H15FN2O2S/c22-15-8-10-16(11-9-15)26-17-5-3-4-14(12-17)13-23-20(25)21-24-18-6-1-2-7-19(18)27-21/h1-12H,13H2,(H,23,25). The van der Waals surface area contributed by atoms with E-state index < -0.39 is 0 Å². The first-order chi connectivity index (χ1) is 13.2. The summed E-state index contributed by atoms with van der Waals surface area (Å²) in [5.41, 5.74) is 1.71. The molecule has 0 aliphatic rings. The van der Waals surface area contributed by atoms with Gasteiger partial charge in [-0.2, -0.15) is 0 Å². The normalized spacial score (nSPS) is 10.7. The van der Waals surface area contributed by atoms with Crippen molar-refractivity contribution in [2.45, 2.75) is 6.54 Å². The smallest absolute Gasteiger partial charge is 0.280 e. The molecule has 4 rings (SSSR count). The first-order valence-electron chi connectivity index (χ1n) is 8.33. The van der Waals surface area contributed by atoms with Gasteiger partial charge in [-0.25, -0.2) is 9.37 Å². The molecule has 0 saturated carbocycles. The number of halogens is 1. The molecule has 134 valence electrons. The van der Waals surface area contributed by atoms with Gasteiger partial charge in [0.2, 0.25) is 0 Å². The van der Waals surface area contributed by atoms with Gasteiger partial charge >= 0.3 is 0 Å². The quantitative estimate of drug-likeness (QED) is 0.522. The first-order valence-corrected chi connectivity index (χ1v) is 9.15. The molecule has 1 N–H and O–H groups in total. The second kappa shape index (κ2) is 7.55. The van der Waals surface area contributed by atoms with Crippen molar-refractivity contribution in [3.63, 3.8) is 0 Å². The number of nitrogens with one attached hydrogen (secondary N) is 1. The maximum atomic E-state index is 13.0. The molecule has 0 radical (unpaired) electrons. The number of hydrogen-bond donors (Lipinski definition) is 1. The van der Waals surface area contributed by atoms with Crippen molar-refractivity contribution in [3.8, 4) is 11.5 Å². The highest BCUT2D eigenvalue weighted by Crippen LogP contribution is 2.23. The lowest BCUT2D eigenvalue weighted by molar-refractivity contribution is 0.0950. The molecule has 6 heteroatoms. The van der Waals surface area contributed by atoms with Crippen LogP contribution in [-0.4, -0.2) is 10.9 Å². The van der Waals surface area contributed by atoms with E-state index in [1.54, 1.807) is 12.1 Å². The lowest BCUT2D eigenvalue weighted by atomic mass is 10.2. The van der Waals surface area contributed by atoms with Crippen LogP contribution in [0.25, 0.3) is 10.2 Å². The Labute approximate surface area is 159 Å². The molecular weight excluding hydrogens is 363 g/mol. The number of rotatable bonds is 5. The molecule has 3 aromatic carbocycles. The van der Waals surface area contributed by atoms with Crippen molar-refractivity contribution in [2.24, 2.45) is 0 Å². The zero-order valence-electron chi connectivity index (χ0n) is 14.2. The van der Waals surface area contributed by atoms with E-state index in [0.717, 1.165) is 15.8 Å². The molecule has 0 bridgehead atoms. The number of hydrogen-bond acceptors (Lipinski definition) is 4. The van der Waals surface area contributed by atoms with Crippen molar-refractivity contribution in [2.75, 3.05) is 0 Å². The van der Waals surface area contributed by atoms with Gasteiger partial charge in [0.15, 0.2) is 5.01 Å². The summed E-state index contributed by atoms with van der Waals surface area (Å²) in [7, 11) is 0. The predicted octanol–water partition coefficient (Wildman–Crippen LogP) is 5.16. The van der Waals surface area contributed by atoms with Gasteiger partial charge in [0.25, 0.3) is 5.91 Å². The van der Waals surface area contributed by atoms with Gasteiger partial charge in [-0.1, -0.05) is 24.3 Å². The summed E-state index contributed by atoms with van der Waals surface area (Å²) in [4.78, 5) is 16.7. The van der Waals surface area contributed by atoms with Crippen LogP contribution in [0.4, 0.5) is 4.39 Å². The Morgan fingerprint density at radius 1 is 1.00 bits per heavy atom. The van der Waals surface area contributed by atoms with Crippen LogP contribution < -0.4 is 10.1 Å². The Bertz CT molecular complexity index is 1060. The zero-order valence-corrected chi connectivity index (χ0v) is 15.0. The molecular formula is C21H15FN2O2S. The molecule has 0 unspecified atom stereocenters. The Kier molecular flexibility index (Phi) is 4.80. The van der Waals surface area contributed by atoms with Gasteiger partial charge in [-0.05, 0) is 54.1 Å². The van der Waals surface area contributed by atoms with Crippen LogP contribution >= 0.6 is 11.3 Å². The molecule has 1 heterocycles. The average molecular weight is 378 g/mol. The molecule has 0 fully saturated rings. The summed E-state index contributed by atoms with van der Waals surface area (Å²) in [6, 6.07) is 20.9. The molecule has 1 aromatic heterocycles. The highest BCUT2D eigenvalue weighted by molar-refractivity contribution is 7.20. The number of amides is 1. The van der Waals surface area contributed by atoms with E-state index in [4.69, 9.17) is 4.74 Å². The van der Waals surface area contributed by atoms with Crippen LogP contribution in [0, 0.1) is 5.82 Å². The maximum Gasteiger partial charge on any atom is 0.280 e. The van der Waals surface area contributed by atoms with Crippen molar-refractivity contribution in [3.05, 3.63) is 89.2 Å². The number of fused-ring (bicyclic) bond motifs is 1. The minimum absolute atomic E-state index is 0.207. The molecule has 0 atom stereocenters. The summed E-state index contributed by atoms with van der Waals surface area (Å²) >= 11 is 1.37. The Morgan fingerprint density at radius 2 is 1.81 bits per heavy atom. The number of ether oxygens (including phenoxy) is 1. The fourth-order valence-electron chi connectivity index (χ4n) is 2.58. The van der Waals surface area contributed by atoms with Crippen LogP contribution in [0.1, 0.15) is 15.4 Å². The minimum Gasteiger partial charge on any atom is -0.457 e. The van der Waals surface area contributed by atoms with E-state index in [9.17, 15) is 9.18 Å². The Balaban J connectivity index is 1.42. The number of benzene rings is 3. The molecule has 0 aliphatic heterocycles. The van der Waals surface area contributed by atoms with E-state index in [1.807, 2.05) is 48.5 Å². The fourth-order valence-corrected chi connectivity index (χ4v) is 3.47. The van der Waals surface area contributed by atoms with E-state index in [1.165, 1.54) is 23.5 Å². The Hall–Kier alpha value is -3.25. The summed E-state index contributed by atoms with van der Waals surface area (Å²) < 4.78 is 19.7. The van der Waals surface area contributed by atoms with Crippen molar-refractivity contribution in [1.82, 2.24) is 10.3 Å². The largest absolute Gasteiger partial charge is 0.457 e. The molecule has 0 aliphatic carbocycles. The van der Waals surface area contributed by atoms with Gasteiger partial charge in [-0.3, -0.25) is 4.79 Å². The lowest BCUT2D eigenvalue weighted by Crippen LogP contribution is -2.22. The first kappa shape index (κ1) is 17.2. The number of aromatic nitrogens is 1. The Morgan fingerprint density at radius 3 is 2.63 bits per heavy atom. The third-order valence-electron chi connectivity index (χ3n) is 3.89. The van der Waals surface area contributed by atoms with Crippen molar-refractivity contribution < 1.29 is 13.9 Å².